The molecule has 2 rings (SSSR count). The van der Waals surface area contributed by atoms with E-state index in [1.807, 2.05) is 6.07 Å². The van der Waals surface area contributed by atoms with Crippen LogP contribution < -0.4 is 10.2 Å². The average Bonchev–Trinajstić information content (AvgIpc) is 3.02. The topological polar surface area (TPSA) is 63.7 Å². The van der Waals surface area contributed by atoms with Gasteiger partial charge in [0.25, 0.3) is 5.91 Å². The first kappa shape index (κ1) is 14.7. The minimum absolute atomic E-state index is 0.146. The molecule has 20 heavy (non-hydrogen) atoms. The molecule has 0 aromatic carbocycles. The predicted molar refractivity (Wildman–Crippen MR) is 75.8 cm³/mol. The van der Waals surface area contributed by atoms with Gasteiger partial charge in [-0.1, -0.05) is 0 Å². The Morgan fingerprint density at radius 1 is 1.40 bits per heavy atom. The van der Waals surface area contributed by atoms with Gasteiger partial charge in [0.05, 0.1) is 6.54 Å². The summed E-state index contributed by atoms with van der Waals surface area (Å²) in [6.45, 7) is 2.33. The number of rotatable bonds is 6. The molecular formula is C14H21N3O3. The third kappa shape index (κ3) is 3.68. The fraction of sp³-hybridized carbons (Fsp3) is 0.571. The predicted octanol–water partition coefficient (Wildman–Crippen LogP) is 1.03. The molecular weight excluding hydrogens is 258 g/mol. The Bertz CT molecular complexity index is 443. The van der Waals surface area contributed by atoms with Crippen molar-refractivity contribution in [2.24, 2.45) is 0 Å². The van der Waals surface area contributed by atoms with Crippen molar-refractivity contribution in [3.63, 3.8) is 0 Å². The summed E-state index contributed by atoms with van der Waals surface area (Å²) in [4.78, 5) is 18.6. The molecule has 1 saturated heterocycles. The highest BCUT2D eigenvalue weighted by Gasteiger charge is 2.16. The highest BCUT2D eigenvalue weighted by molar-refractivity contribution is 5.94. The molecule has 1 aliphatic rings. The van der Waals surface area contributed by atoms with Gasteiger partial charge in [0, 0.05) is 39.1 Å². The number of hydrogen-bond acceptors (Lipinski definition) is 5. The van der Waals surface area contributed by atoms with Crippen LogP contribution in [-0.2, 0) is 9.47 Å². The lowest BCUT2D eigenvalue weighted by Gasteiger charge is -2.17. The number of methoxy groups -OCH3 is 2. The maximum absolute atomic E-state index is 12.1. The van der Waals surface area contributed by atoms with Gasteiger partial charge >= 0.3 is 0 Å². The number of amides is 1. The van der Waals surface area contributed by atoms with Gasteiger partial charge in [-0.25, -0.2) is 4.98 Å². The van der Waals surface area contributed by atoms with Gasteiger partial charge in [0.2, 0.25) is 0 Å². The van der Waals surface area contributed by atoms with Crippen LogP contribution in [0.5, 0.6) is 0 Å². The van der Waals surface area contributed by atoms with Crippen LogP contribution in [0.1, 0.15) is 23.2 Å². The Morgan fingerprint density at radius 2 is 2.10 bits per heavy atom. The van der Waals surface area contributed by atoms with E-state index in [4.69, 9.17) is 9.47 Å². The minimum Gasteiger partial charge on any atom is -0.357 e. The molecule has 2 heterocycles. The van der Waals surface area contributed by atoms with Crippen LogP contribution in [0.25, 0.3) is 0 Å². The Balaban J connectivity index is 1.97. The molecule has 0 radical (unpaired) electrons. The van der Waals surface area contributed by atoms with Gasteiger partial charge in [-0.3, -0.25) is 4.79 Å². The lowest BCUT2D eigenvalue weighted by Crippen LogP contribution is -2.34. The number of aromatic nitrogens is 1. The Labute approximate surface area is 119 Å². The third-order valence-electron chi connectivity index (χ3n) is 3.39. The Morgan fingerprint density at radius 3 is 2.75 bits per heavy atom. The van der Waals surface area contributed by atoms with Crippen LogP contribution in [0, 0.1) is 0 Å². The summed E-state index contributed by atoms with van der Waals surface area (Å²) in [6, 6.07) is 3.54. The molecule has 1 aromatic rings. The first-order valence-electron chi connectivity index (χ1n) is 6.79. The summed E-state index contributed by atoms with van der Waals surface area (Å²) >= 11 is 0. The van der Waals surface area contributed by atoms with Crippen molar-refractivity contribution in [2.45, 2.75) is 19.1 Å². The van der Waals surface area contributed by atoms with Crippen molar-refractivity contribution < 1.29 is 14.3 Å². The molecule has 1 amide bonds. The largest absolute Gasteiger partial charge is 0.357 e. The van der Waals surface area contributed by atoms with E-state index in [0.29, 0.717) is 12.1 Å². The SMILES string of the molecule is COC(CNC(=O)c1ccnc(N2CCCC2)c1)OC. The zero-order valence-electron chi connectivity index (χ0n) is 12.0. The van der Waals surface area contributed by atoms with Gasteiger partial charge in [0.15, 0.2) is 6.29 Å². The van der Waals surface area contributed by atoms with E-state index in [1.54, 1.807) is 12.3 Å². The average molecular weight is 279 g/mol. The zero-order valence-corrected chi connectivity index (χ0v) is 12.0. The van der Waals surface area contributed by atoms with Gasteiger partial charge in [-0.2, -0.15) is 0 Å². The second-order valence-corrected chi connectivity index (χ2v) is 4.71. The van der Waals surface area contributed by atoms with E-state index in [2.05, 4.69) is 15.2 Å². The van der Waals surface area contributed by atoms with Crippen molar-refractivity contribution in [1.29, 1.82) is 0 Å². The maximum atomic E-state index is 12.1. The number of carbonyl (C=O) groups excluding carboxylic acids is 1. The second-order valence-electron chi connectivity index (χ2n) is 4.71. The molecule has 1 aromatic heterocycles. The smallest absolute Gasteiger partial charge is 0.251 e. The molecule has 1 fully saturated rings. The van der Waals surface area contributed by atoms with Crippen molar-refractivity contribution in [2.75, 3.05) is 38.8 Å². The number of nitrogens with one attached hydrogen (secondary N) is 1. The van der Waals surface area contributed by atoms with E-state index in [-0.39, 0.29) is 5.91 Å². The summed E-state index contributed by atoms with van der Waals surface area (Å²) in [5.41, 5.74) is 0.604. The van der Waals surface area contributed by atoms with E-state index in [1.165, 1.54) is 27.1 Å². The van der Waals surface area contributed by atoms with E-state index in [0.717, 1.165) is 18.9 Å². The third-order valence-corrected chi connectivity index (χ3v) is 3.39. The summed E-state index contributed by atoms with van der Waals surface area (Å²) < 4.78 is 10.1. The quantitative estimate of drug-likeness (QED) is 0.788. The molecule has 0 bridgehead atoms. The summed E-state index contributed by atoms with van der Waals surface area (Å²) in [5.74, 6) is 0.720. The number of carbonyl (C=O) groups is 1. The van der Waals surface area contributed by atoms with Crippen LogP contribution in [0.2, 0.25) is 0 Å². The van der Waals surface area contributed by atoms with E-state index in [9.17, 15) is 4.79 Å². The fourth-order valence-electron chi connectivity index (χ4n) is 2.22. The molecule has 110 valence electrons. The Hall–Kier alpha value is -1.66. The monoisotopic (exact) mass is 279 g/mol. The zero-order chi connectivity index (χ0) is 14.4. The molecule has 0 unspecified atom stereocenters. The fourth-order valence-corrected chi connectivity index (χ4v) is 2.22. The van der Waals surface area contributed by atoms with E-state index >= 15 is 0 Å². The van der Waals surface area contributed by atoms with Crippen LogP contribution in [-0.4, -0.2) is 51.0 Å². The molecule has 6 heteroatoms. The molecule has 1 N–H and O–H groups in total. The number of pyridine rings is 1. The summed E-state index contributed by atoms with van der Waals surface area (Å²) in [6.07, 6.45) is 3.61. The maximum Gasteiger partial charge on any atom is 0.251 e. The lowest BCUT2D eigenvalue weighted by molar-refractivity contribution is -0.0974. The second kappa shape index (κ2) is 7.21. The van der Waals surface area contributed by atoms with E-state index < -0.39 is 6.29 Å². The molecule has 1 aliphatic heterocycles. The van der Waals surface area contributed by atoms with Crippen LogP contribution >= 0.6 is 0 Å². The van der Waals surface area contributed by atoms with Gasteiger partial charge in [-0.15, -0.1) is 0 Å². The molecule has 0 spiro atoms. The number of ether oxygens (including phenoxy) is 2. The van der Waals surface area contributed by atoms with Crippen molar-refractivity contribution in [3.8, 4) is 0 Å². The van der Waals surface area contributed by atoms with Crippen LogP contribution in [0.3, 0.4) is 0 Å². The van der Waals surface area contributed by atoms with Crippen LogP contribution in [0.15, 0.2) is 18.3 Å². The normalized spacial score (nSPS) is 14.8. The standard InChI is InChI=1S/C14H21N3O3/c1-19-13(20-2)10-16-14(18)11-5-6-15-12(9-11)17-7-3-4-8-17/h5-6,9,13H,3-4,7-8,10H2,1-2H3,(H,16,18). The number of nitrogens with zero attached hydrogens (tertiary/aromatic N) is 2. The number of hydrogen-bond donors (Lipinski definition) is 1. The molecule has 6 nitrogen and oxygen atoms in total. The van der Waals surface area contributed by atoms with Crippen molar-refractivity contribution in [1.82, 2.24) is 10.3 Å². The van der Waals surface area contributed by atoms with Gasteiger partial charge < -0.3 is 19.7 Å². The number of anilines is 1. The minimum atomic E-state index is -0.432. The summed E-state index contributed by atoms with van der Waals surface area (Å²) in [5, 5.41) is 2.78. The van der Waals surface area contributed by atoms with Crippen molar-refractivity contribution >= 4 is 11.7 Å². The molecule has 0 atom stereocenters. The van der Waals surface area contributed by atoms with Crippen molar-refractivity contribution in [3.05, 3.63) is 23.9 Å². The lowest BCUT2D eigenvalue weighted by atomic mass is 10.2. The first-order chi connectivity index (χ1) is 9.74. The summed E-state index contributed by atoms with van der Waals surface area (Å²) in [7, 11) is 3.08. The Kier molecular flexibility index (Phi) is 5.31. The highest BCUT2D eigenvalue weighted by Crippen LogP contribution is 2.18. The molecule has 0 saturated carbocycles. The van der Waals surface area contributed by atoms with Crippen LogP contribution in [0.4, 0.5) is 5.82 Å². The van der Waals surface area contributed by atoms with Gasteiger partial charge in [-0.05, 0) is 25.0 Å². The van der Waals surface area contributed by atoms with Gasteiger partial charge in [0.1, 0.15) is 5.82 Å². The highest BCUT2D eigenvalue weighted by atomic mass is 16.7. The first-order valence-corrected chi connectivity index (χ1v) is 6.79. The molecule has 0 aliphatic carbocycles.